The predicted molar refractivity (Wildman–Crippen MR) is 109 cm³/mol. The van der Waals surface area contributed by atoms with Gasteiger partial charge in [-0.05, 0) is 37.5 Å². The number of nitrogens with zero attached hydrogens (tertiary/aromatic N) is 1. The molecule has 1 atom stereocenters. The number of likely N-dealkylation sites (tertiary alicyclic amines) is 1. The minimum Gasteiger partial charge on any atom is -0.454 e. The first-order chi connectivity index (χ1) is 13.0. The van der Waals surface area contributed by atoms with Crippen molar-refractivity contribution >= 4 is 18.2 Å². The van der Waals surface area contributed by atoms with Crippen LogP contribution in [0.1, 0.15) is 48.1 Å². The van der Waals surface area contributed by atoms with Crippen molar-refractivity contribution in [3.8, 4) is 11.5 Å². The highest BCUT2D eigenvalue weighted by atomic mass is 35.5. The molecular weight excluding hydrogens is 378 g/mol. The molecule has 2 aromatic carbocycles. The third-order valence-electron chi connectivity index (χ3n) is 5.74. The largest absolute Gasteiger partial charge is 0.454 e. The molecule has 28 heavy (non-hydrogen) atoms. The Morgan fingerprint density at radius 2 is 1.79 bits per heavy atom. The fourth-order valence-electron chi connectivity index (χ4n) is 3.91. The standard InChI is InChI=1S/C22H25NO4.ClH/c1-16(18-7-8-20-21(13-18)27-15-26-20)23-11-9-22(25,10-12-23)14-19(24)17-5-3-2-4-6-17;/h2-8,13,16,25H,9-12,14-15H2,1H3;1H. The molecule has 0 radical (unpaired) electrons. The van der Waals surface area contributed by atoms with Gasteiger partial charge in [-0.1, -0.05) is 36.4 Å². The Bertz CT molecular complexity index is 819. The van der Waals surface area contributed by atoms with Crippen molar-refractivity contribution < 1.29 is 19.4 Å². The Balaban J connectivity index is 0.00000225. The molecule has 150 valence electrons. The van der Waals surface area contributed by atoms with Crippen LogP contribution in [-0.2, 0) is 0 Å². The Hall–Kier alpha value is -2.08. The van der Waals surface area contributed by atoms with Gasteiger partial charge in [0, 0.05) is 31.1 Å². The second kappa shape index (κ2) is 8.52. The normalized spacial score (nSPS) is 18.9. The number of Topliss-reactive ketones (excluding diaryl/α,β-unsaturated/α-hetero) is 1. The lowest BCUT2D eigenvalue weighted by Gasteiger charge is -2.40. The maximum atomic E-state index is 12.5. The monoisotopic (exact) mass is 403 g/mol. The molecule has 5 nitrogen and oxygen atoms in total. The van der Waals surface area contributed by atoms with Gasteiger partial charge in [0.2, 0.25) is 6.79 Å². The van der Waals surface area contributed by atoms with Crippen molar-refractivity contribution in [2.45, 2.75) is 37.8 Å². The van der Waals surface area contributed by atoms with E-state index in [1.807, 2.05) is 42.5 Å². The van der Waals surface area contributed by atoms with Crippen LogP contribution in [0.4, 0.5) is 0 Å². The van der Waals surface area contributed by atoms with E-state index in [4.69, 9.17) is 9.47 Å². The second-order valence-corrected chi connectivity index (χ2v) is 7.51. The highest BCUT2D eigenvalue weighted by Gasteiger charge is 2.36. The molecule has 4 rings (SSSR count). The zero-order chi connectivity index (χ0) is 18.9. The number of piperidine rings is 1. The molecule has 0 spiro atoms. The minimum absolute atomic E-state index is 0. The number of hydrogen-bond acceptors (Lipinski definition) is 5. The Morgan fingerprint density at radius 3 is 2.50 bits per heavy atom. The van der Waals surface area contributed by atoms with Gasteiger partial charge in [0.15, 0.2) is 17.3 Å². The fraction of sp³-hybridized carbons (Fsp3) is 0.409. The Morgan fingerprint density at radius 1 is 1.11 bits per heavy atom. The Labute approximate surface area is 171 Å². The average Bonchev–Trinajstić information content (AvgIpc) is 3.16. The molecule has 0 amide bonds. The van der Waals surface area contributed by atoms with Crippen LogP contribution < -0.4 is 9.47 Å². The topological polar surface area (TPSA) is 59.0 Å². The number of rotatable bonds is 5. The molecule has 1 saturated heterocycles. The van der Waals surface area contributed by atoms with E-state index in [0.717, 1.165) is 24.6 Å². The molecule has 0 bridgehead atoms. The molecule has 2 heterocycles. The van der Waals surface area contributed by atoms with Crippen LogP contribution in [-0.4, -0.2) is 41.3 Å². The third-order valence-corrected chi connectivity index (χ3v) is 5.74. The molecule has 1 N–H and O–H groups in total. The second-order valence-electron chi connectivity index (χ2n) is 7.51. The van der Waals surface area contributed by atoms with Crippen LogP contribution in [0.15, 0.2) is 48.5 Å². The summed E-state index contributed by atoms with van der Waals surface area (Å²) in [6, 6.07) is 15.5. The molecule has 2 aliphatic heterocycles. The molecule has 1 fully saturated rings. The van der Waals surface area contributed by atoms with Gasteiger partial charge in [0.25, 0.3) is 0 Å². The molecule has 0 saturated carbocycles. The molecule has 0 aromatic heterocycles. The molecule has 2 aliphatic rings. The van der Waals surface area contributed by atoms with Gasteiger partial charge in [-0.2, -0.15) is 0 Å². The van der Waals surface area contributed by atoms with Crippen LogP contribution in [0.25, 0.3) is 0 Å². The number of halogens is 1. The highest BCUT2D eigenvalue weighted by Crippen LogP contribution is 2.37. The van der Waals surface area contributed by atoms with Gasteiger partial charge in [-0.3, -0.25) is 9.69 Å². The van der Waals surface area contributed by atoms with E-state index >= 15 is 0 Å². The maximum absolute atomic E-state index is 12.5. The van der Waals surface area contributed by atoms with E-state index in [2.05, 4.69) is 17.9 Å². The van der Waals surface area contributed by atoms with Crippen LogP contribution in [0, 0.1) is 0 Å². The first-order valence-electron chi connectivity index (χ1n) is 9.48. The van der Waals surface area contributed by atoms with E-state index in [0.29, 0.717) is 18.4 Å². The van der Waals surface area contributed by atoms with Crippen molar-refractivity contribution in [3.63, 3.8) is 0 Å². The van der Waals surface area contributed by atoms with Crippen LogP contribution >= 0.6 is 12.4 Å². The third kappa shape index (κ3) is 4.32. The summed E-state index contributed by atoms with van der Waals surface area (Å²) in [6.45, 7) is 3.96. The van der Waals surface area contributed by atoms with Gasteiger partial charge < -0.3 is 14.6 Å². The number of benzene rings is 2. The van der Waals surface area contributed by atoms with Crippen molar-refractivity contribution in [1.82, 2.24) is 4.90 Å². The Kier molecular flexibility index (Phi) is 6.28. The number of carbonyl (C=O) groups excluding carboxylic acids is 1. The number of aliphatic hydroxyl groups is 1. The van der Waals surface area contributed by atoms with Crippen LogP contribution in [0.5, 0.6) is 11.5 Å². The first-order valence-corrected chi connectivity index (χ1v) is 9.48. The van der Waals surface area contributed by atoms with E-state index < -0.39 is 5.60 Å². The summed E-state index contributed by atoms with van der Waals surface area (Å²) in [7, 11) is 0. The SMILES string of the molecule is CC(c1ccc2c(c1)OCO2)N1CCC(O)(CC(=O)c2ccccc2)CC1.Cl. The van der Waals surface area contributed by atoms with Crippen molar-refractivity contribution in [2.24, 2.45) is 0 Å². The van der Waals surface area contributed by atoms with E-state index in [9.17, 15) is 9.90 Å². The zero-order valence-corrected chi connectivity index (χ0v) is 16.8. The summed E-state index contributed by atoms with van der Waals surface area (Å²) < 4.78 is 10.9. The maximum Gasteiger partial charge on any atom is 0.231 e. The van der Waals surface area contributed by atoms with Crippen molar-refractivity contribution in [2.75, 3.05) is 19.9 Å². The fourth-order valence-corrected chi connectivity index (χ4v) is 3.91. The summed E-state index contributed by atoms with van der Waals surface area (Å²) in [4.78, 5) is 14.8. The lowest BCUT2D eigenvalue weighted by atomic mass is 9.84. The van der Waals surface area contributed by atoms with Crippen LogP contribution in [0.3, 0.4) is 0 Å². The number of hydrogen-bond donors (Lipinski definition) is 1. The van der Waals surface area contributed by atoms with E-state index in [-0.39, 0.29) is 37.4 Å². The van der Waals surface area contributed by atoms with E-state index in [1.165, 1.54) is 5.56 Å². The molecule has 0 aliphatic carbocycles. The number of ketones is 1. The lowest BCUT2D eigenvalue weighted by Crippen LogP contribution is -2.46. The minimum atomic E-state index is -0.919. The van der Waals surface area contributed by atoms with Crippen molar-refractivity contribution in [3.05, 3.63) is 59.7 Å². The number of carbonyl (C=O) groups is 1. The number of ether oxygens (including phenoxy) is 2. The van der Waals surface area contributed by atoms with Gasteiger partial charge in [0.1, 0.15) is 0 Å². The zero-order valence-electron chi connectivity index (χ0n) is 16.0. The quantitative estimate of drug-likeness (QED) is 0.765. The van der Waals surface area contributed by atoms with Gasteiger partial charge in [0.05, 0.1) is 5.60 Å². The molecule has 1 unspecified atom stereocenters. The highest BCUT2D eigenvalue weighted by molar-refractivity contribution is 5.96. The summed E-state index contributed by atoms with van der Waals surface area (Å²) in [6.07, 6.45) is 1.38. The number of fused-ring (bicyclic) bond motifs is 1. The smallest absolute Gasteiger partial charge is 0.231 e. The summed E-state index contributed by atoms with van der Waals surface area (Å²) >= 11 is 0. The lowest BCUT2D eigenvalue weighted by molar-refractivity contribution is -0.0304. The van der Waals surface area contributed by atoms with Crippen LogP contribution in [0.2, 0.25) is 0 Å². The van der Waals surface area contributed by atoms with Gasteiger partial charge >= 0.3 is 0 Å². The first kappa shape index (κ1) is 20.6. The van der Waals surface area contributed by atoms with Crippen molar-refractivity contribution in [1.29, 1.82) is 0 Å². The van der Waals surface area contributed by atoms with E-state index in [1.54, 1.807) is 0 Å². The van der Waals surface area contributed by atoms with Gasteiger partial charge in [-0.25, -0.2) is 0 Å². The predicted octanol–water partition coefficient (Wildman–Crippen LogP) is 4.00. The molecular formula is C22H26ClNO4. The summed E-state index contributed by atoms with van der Waals surface area (Å²) in [5.74, 6) is 1.59. The molecule has 2 aromatic rings. The van der Waals surface area contributed by atoms with Gasteiger partial charge in [-0.15, -0.1) is 12.4 Å². The summed E-state index contributed by atoms with van der Waals surface area (Å²) in [5.41, 5.74) is 0.921. The summed E-state index contributed by atoms with van der Waals surface area (Å²) in [5, 5.41) is 10.9. The molecule has 6 heteroatoms. The average molecular weight is 404 g/mol.